The minimum absolute atomic E-state index is 0.0996. The first kappa shape index (κ1) is 13.4. The monoisotopic (exact) mass is 297 g/mol. The number of fused-ring (bicyclic) bond motifs is 1. The Morgan fingerprint density at radius 1 is 1.36 bits per heavy atom. The fourth-order valence-corrected chi connectivity index (χ4v) is 3.49. The van der Waals surface area contributed by atoms with Crippen LogP contribution in [0, 0.1) is 0 Å². The molecule has 2 aliphatic rings. The van der Waals surface area contributed by atoms with Crippen molar-refractivity contribution in [1.29, 1.82) is 0 Å². The summed E-state index contributed by atoms with van der Waals surface area (Å²) in [5.41, 5.74) is 2.24. The molecule has 0 saturated carbocycles. The van der Waals surface area contributed by atoms with Crippen LogP contribution in [0.3, 0.4) is 0 Å². The van der Waals surface area contributed by atoms with E-state index in [0.29, 0.717) is 6.42 Å². The van der Waals surface area contributed by atoms with E-state index in [1.807, 2.05) is 48.6 Å². The summed E-state index contributed by atoms with van der Waals surface area (Å²) in [6.07, 6.45) is 6.18. The molecule has 0 spiro atoms. The molecule has 1 fully saturated rings. The number of aromatic nitrogens is 2. The molecule has 0 radical (unpaired) electrons. The van der Waals surface area contributed by atoms with E-state index in [1.54, 1.807) is 4.68 Å². The van der Waals surface area contributed by atoms with Crippen molar-refractivity contribution >= 4 is 5.91 Å². The molecule has 5 heteroatoms. The van der Waals surface area contributed by atoms with Gasteiger partial charge in [0, 0.05) is 31.8 Å². The number of carbonyl (C=O) groups excluding carboxylic acids is 1. The molecule has 1 saturated heterocycles. The Morgan fingerprint density at radius 3 is 3.00 bits per heavy atom. The van der Waals surface area contributed by atoms with Gasteiger partial charge in [0.15, 0.2) is 6.10 Å². The lowest BCUT2D eigenvalue weighted by molar-refractivity contribution is -0.138. The molecule has 22 heavy (non-hydrogen) atoms. The predicted octanol–water partition coefficient (Wildman–Crippen LogP) is 2.09. The van der Waals surface area contributed by atoms with E-state index in [1.165, 1.54) is 0 Å². The lowest BCUT2D eigenvalue weighted by atomic mass is 10.1. The Hall–Kier alpha value is -2.30. The molecule has 1 aromatic heterocycles. The van der Waals surface area contributed by atoms with E-state index in [2.05, 4.69) is 5.10 Å². The van der Waals surface area contributed by atoms with Crippen LogP contribution in [0.25, 0.3) is 0 Å². The number of amides is 1. The predicted molar refractivity (Wildman–Crippen MR) is 81.5 cm³/mol. The molecule has 0 bridgehead atoms. The van der Waals surface area contributed by atoms with Crippen LogP contribution in [0.2, 0.25) is 0 Å². The van der Waals surface area contributed by atoms with E-state index in [0.717, 1.165) is 36.3 Å². The molecule has 1 amide bonds. The Morgan fingerprint density at radius 2 is 2.23 bits per heavy atom. The number of para-hydroxylation sites is 1. The van der Waals surface area contributed by atoms with E-state index in [-0.39, 0.29) is 18.1 Å². The largest absolute Gasteiger partial charge is 0.480 e. The van der Waals surface area contributed by atoms with Crippen molar-refractivity contribution < 1.29 is 9.53 Å². The molecule has 2 aromatic rings. The standard InChI is InChI=1S/C17H19N3O2/c1-19-11-13(10-18-19)14-6-4-8-20(14)17(21)16-9-12-5-2-3-7-15(12)22-16/h2-3,5,7,10-11,14,16H,4,6,8-9H2,1H3/t14-,16+/m1/s1. The van der Waals surface area contributed by atoms with Crippen LogP contribution in [0.15, 0.2) is 36.7 Å². The quantitative estimate of drug-likeness (QED) is 0.853. The van der Waals surface area contributed by atoms with Gasteiger partial charge in [0.05, 0.1) is 12.2 Å². The molecule has 3 heterocycles. The maximum atomic E-state index is 12.9. The first-order valence-electron chi connectivity index (χ1n) is 7.76. The van der Waals surface area contributed by atoms with Gasteiger partial charge in [-0.2, -0.15) is 5.10 Å². The molecule has 0 aliphatic carbocycles. The van der Waals surface area contributed by atoms with E-state index >= 15 is 0 Å². The number of aryl methyl sites for hydroxylation is 1. The Labute approximate surface area is 129 Å². The summed E-state index contributed by atoms with van der Waals surface area (Å²) in [4.78, 5) is 14.8. The highest BCUT2D eigenvalue weighted by Gasteiger charge is 2.38. The third-order valence-corrected chi connectivity index (χ3v) is 4.57. The maximum absolute atomic E-state index is 12.9. The zero-order chi connectivity index (χ0) is 15.1. The van der Waals surface area contributed by atoms with Gasteiger partial charge in [0.1, 0.15) is 5.75 Å². The van der Waals surface area contributed by atoms with Crippen molar-refractivity contribution in [2.75, 3.05) is 6.54 Å². The fraction of sp³-hybridized carbons (Fsp3) is 0.412. The van der Waals surface area contributed by atoms with Gasteiger partial charge < -0.3 is 9.64 Å². The molecule has 2 atom stereocenters. The minimum Gasteiger partial charge on any atom is -0.480 e. The summed E-state index contributed by atoms with van der Waals surface area (Å²) in [6, 6.07) is 8.04. The van der Waals surface area contributed by atoms with Crippen LogP contribution in [0.5, 0.6) is 5.75 Å². The second-order valence-electron chi connectivity index (χ2n) is 6.06. The van der Waals surface area contributed by atoms with Gasteiger partial charge in [-0.3, -0.25) is 9.48 Å². The van der Waals surface area contributed by atoms with Crippen LogP contribution >= 0.6 is 0 Å². The lowest BCUT2D eigenvalue weighted by Crippen LogP contribution is -2.40. The smallest absolute Gasteiger partial charge is 0.264 e. The first-order chi connectivity index (χ1) is 10.7. The number of nitrogens with zero attached hydrogens (tertiary/aromatic N) is 3. The second kappa shape index (κ2) is 5.16. The number of rotatable bonds is 2. The van der Waals surface area contributed by atoms with Crippen molar-refractivity contribution in [3.05, 3.63) is 47.8 Å². The van der Waals surface area contributed by atoms with Gasteiger partial charge in [0.25, 0.3) is 5.91 Å². The molecule has 0 N–H and O–H groups in total. The highest BCUT2D eigenvalue weighted by molar-refractivity contribution is 5.83. The van der Waals surface area contributed by atoms with Crippen LogP contribution in [0.4, 0.5) is 0 Å². The number of carbonyl (C=O) groups is 1. The van der Waals surface area contributed by atoms with Crippen LogP contribution in [-0.4, -0.2) is 33.2 Å². The van der Waals surface area contributed by atoms with Crippen molar-refractivity contribution in [1.82, 2.24) is 14.7 Å². The third-order valence-electron chi connectivity index (χ3n) is 4.57. The molecule has 1 aromatic carbocycles. The molecular weight excluding hydrogens is 278 g/mol. The highest BCUT2D eigenvalue weighted by atomic mass is 16.5. The summed E-state index contributed by atoms with van der Waals surface area (Å²) in [5, 5.41) is 4.23. The number of hydrogen-bond donors (Lipinski definition) is 0. The number of likely N-dealkylation sites (tertiary alicyclic amines) is 1. The summed E-state index contributed by atoms with van der Waals surface area (Å²) >= 11 is 0. The number of benzene rings is 1. The van der Waals surface area contributed by atoms with Crippen LogP contribution < -0.4 is 4.74 Å². The average molecular weight is 297 g/mol. The summed E-state index contributed by atoms with van der Waals surface area (Å²) in [6.45, 7) is 0.800. The van der Waals surface area contributed by atoms with Crippen molar-refractivity contribution in [2.45, 2.75) is 31.4 Å². The summed E-state index contributed by atoms with van der Waals surface area (Å²) < 4.78 is 7.65. The van der Waals surface area contributed by atoms with E-state index in [9.17, 15) is 4.79 Å². The fourth-order valence-electron chi connectivity index (χ4n) is 3.49. The topological polar surface area (TPSA) is 47.4 Å². The Kier molecular flexibility index (Phi) is 3.13. The van der Waals surface area contributed by atoms with Gasteiger partial charge in [-0.15, -0.1) is 0 Å². The van der Waals surface area contributed by atoms with E-state index in [4.69, 9.17) is 4.74 Å². The highest BCUT2D eigenvalue weighted by Crippen LogP contribution is 2.35. The SMILES string of the molecule is Cn1cc([C@H]2CCCN2C(=O)[C@@H]2Cc3ccccc3O2)cn1. The second-order valence-corrected chi connectivity index (χ2v) is 6.06. The maximum Gasteiger partial charge on any atom is 0.264 e. The van der Waals surface area contributed by atoms with Crippen LogP contribution in [-0.2, 0) is 18.3 Å². The first-order valence-corrected chi connectivity index (χ1v) is 7.76. The van der Waals surface area contributed by atoms with Gasteiger partial charge in [-0.05, 0) is 24.5 Å². The van der Waals surface area contributed by atoms with E-state index < -0.39 is 0 Å². The van der Waals surface area contributed by atoms with Gasteiger partial charge in [-0.25, -0.2) is 0 Å². The van der Waals surface area contributed by atoms with Gasteiger partial charge >= 0.3 is 0 Å². The Bertz CT molecular complexity index is 684. The summed E-state index contributed by atoms with van der Waals surface area (Å²) in [7, 11) is 1.90. The average Bonchev–Trinajstić information content (AvgIpc) is 3.24. The van der Waals surface area contributed by atoms with Gasteiger partial charge in [0.2, 0.25) is 0 Å². The normalized spacial score (nSPS) is 23.4. The molecule has 0 unspecified atom stereocenters. The molecular formula is C17H19N3O2. The number of ether oxygens (including phenoxy) is 1. The molecule has 5 nitrogen and oxygen atoms in total. The van der Waals surface area contributed by atoms with Crippen LogP contribution in [0.1, 0.15) is 30.0 Å². The zero-order valence-corrected chi connectivity index (χ0v) is 12.6. The van der Waals surface area contributed by atoms with Crippen molar-refractivity contribution in [2.24, 2.45) is 7.05 Å². The lowest BCUT2D eigenvalue weighted by Gasteiger charge is -2.26. The van der Waals surface area contributed by atoms with Crippen molar-refractivity contribution in [3.63, 3.8) is 0 Å². The zero-order valence-electron chi connectivity index (χ0n) is 12.6. The summed E-state index contributed by atoms with van der Waals surface area (Å²) in [5.74, 6) is 0.945. The number of hydrogen-bond acceptors (Lipinski definition) is 3. The molecule has 114 valence electrons. The third kappa shape index (κ3) is 2.17. The van der Waals surface area contributed by atoms with Crippen molar-refractivity contribution in [3.8, 4) is 5.75 Å². The minimum atomic E-state index is -0.380. The Balaban J connectivity index is 1.53. The van der Waals surface area contributed by atoms with Gasteiger partial charge in [-0.1, -0.05) is 18.2 Å². The molecule has 4 rings (SSSR count). The molecule has 2 aliphatic heterocycles.